The van der Waals surface area contributed by atoms with Gasteiger partial charge in [0.15, 0.2) is 0 Å². The van der Waals surface area contributed by atoms with Gasteiger partial charge in [-0.3, -0.25) is 4.98 Å². The molecular weight excluding hydrogens is 222 g/mol. The third-order valence-corrected chi connectivity index (χ3v) is 3.02. The number of nitrogens with zero attached hydrogens (tertiary/aromatic N) is 2. The molecule has 98 valence electrons. The number of pyridine rings is 1. The van der Waals surface area contributed by atoms with Gasteiger partial charge in [0, 0.05) is 37.1 Å². The summed E-state index contributed by atoms with van der Waals surface area (Å²) in [6.45, 7) is 9.45. The van der Waals surface area contributed by atoms with E-state index >= 15 is 0 Å². The van der Waals surface area contributed by atoms with Crippen molar-refractivity contribution >= 4 is 5.69 Å². The Labute approximate surface area is 110 Å². The molecule has 1 aromatic rings. The van der Waals surface area contributed by atoms with E-state index in [1.54, 1.807) is 0 Å². The summed E-state index contributed by atoms with van der Waals surface area (Å²) in [5.74, 6) is 0. The molecule has 2 rings (SSSR count). The average Bonchev–Trinajstić information content (AvgIpc) is 2.37. The van der Waals surface area contributed by atoms with Crippen LogP contribution < -0.4 is 10.2 Å². The molecule has 0 fully saturated rings. The molecule has 1 aliphatic heterocycles. The summed E-state index contributed by atoms with van der Waals surface area (Å²) in [5, 5.41) is 3.47. The monoisotopic (exact) mass is 245 g/mol. The van der Waals surface area contributed by atoms with Crippen LogP contribution in [0.1, 0.15) is 32.9 Å². The van der Waals surface area contributed by atoms with Gasteiger partial charge in [0.25, 0.3) is 0 Å². The molecule has 0 aliphatic carbocycles. The molecule has 1 N–H and O–H groups in total. The maximum atomic E-state index is 4.43. The summed E-state index contributed by atoms with van der Waals surface area (Å²) < 4.78 is 0. The van der Waals surface area contributed by atoms with Crippen molar-refractivity contribution in [1.82, 2.24) is 10.3 Å². The highest BCUT2D eigenvalue weighted by atomic mass is 15.1. The van der Waals surface area contributed by atoms with Gasteiger partial charge in [-0.05, 0) is 39.3 Å². The molecule has 3 heteroatoms. The first kappa shape index (κ1) is 13.1. The Bertz CT molecular complexity index is 418. The lowest BCUT2D eigenvalue weighted by molar-refractivity contribution is 0.421. The van der Waals surface area contributed by atoms with Crippen molar-refractivity contribution in [1.29, 1.82) is 0 Å². The van der Waals surface area contributed by atoms with Crippen molar-refractivity contribution in [2.24, 2.45) is 0 Å². The second-order valence-corrected chi connectivity index (χ2v) is 5.82. The maximum Gasteiger partial charge on any atom is 0.0562 e. The Kier molecular flexibility index (Phi) is 4.02. The van der Waals surface area contributed by atoms with Crippen LogP contribution in [0.2, 0.25) is 0 Å². The third-order valence-electron chi connectivity index (χ3n) is 3.02. The van der Waals surface area contributed by atoms with E-state index in [4.69, 9.17) is 0 Å². The molecule has 0 aromatic carbocycles. The molecule has 0 saturated heterocycles. The molecular formula is C15H23N3. The average molecular weight is 245 g/mol. The highest BCUT2D eigenvalue weighted by molar-refractivity contribution is 5.47. The number of anilines is 1. The van der Waals surface area contributed by atoms with Crippen LogP contribution >= 0.6 is 0 Å². The Hall–Kier alpha value is -1.35. The fourth-order valence-electron chi connectivity index (χ4n) is 1.99. The summed E-state index contributed by atoms with van der Waals surface area (Å²) in [6.07, 6.45) is 7.53. The lowest BCUT2D eigenvalue weighted by Gasteiger charge is -2.26. The summed E-state index contributed by atoms with van der Waals surface area (Å²) in [5.41, 5.74) is 2.52. The molecule has 18 heavy (non-hydrogen) atoms. The van der Waals surface area contributed by atoms with Gasteiger partial charge in [-0.15, -0.1) is 0 Å². The molecule has 0 bridgehead atoms. The van der Waals surface area contributed by atoms with Crippen LogP contribution in [0.3, 0.4) is 0 Å². The number of nitrogens with one attached hydrogen (secondary N) is 1. The predicted octanol–water partition coefficient (Wildman–Crippen LogP) is 2.74. The first-order chi connectivity index (χ1) is 8.54. The van der Waals surface area contributed by atoms with E-state index in [0.717, 1.165) is 31.7 Å². The molecule has 1 aromatic heterocycles. The summed E-state index contributed by atoms with van der Waals surface area (Å²) in [7, 11) is 0. The van der Waals surface area contributed by atoms with E-state index in [2.05, 4.69) is 60.3 Å². The molecule has 1 aliphatic rings. The lowest BCUT2D eigenvalue weighted by atomic mass is 10.1. The summed E-state index contributed by atoms with van der Waals surface area (Å²) in [4.78, 5) is 6.82. The van der Waals surface area contributed by atoms with Crippen LogP contribution in [-0.4, -0.2) is 23.6 Å². The fraction of sp³-hybridized carbons (Fsp3) is 0.533. The van der Waals surface area contributed by atoms with Crippen LogP contribution in [0.25, 0.3) is 0 Å². The second-order valence-electron chi connectivity index (χ2n) is 5.82. The third kappa shape index (κ3) is 3.84. The van der Waals surface area contributed by atoms with Crippen molar-refractivity contribution < 1.29 is 0 Å². The van der Waals surface area contributed by atoms with Crippen LogP contribution in [0, 0.1) is 0 Å². The van der Waals surface area contributed by atoms with Gasteiger partial charge in [-0.2, -0.15) is 0 Å². The minimum Gasteiger partial charge on any atom is -0.367 e. The lowest BCUT2D eigenvalue weighted by Crippen LogP contribution is -2.35. The van der Waals surface area contributed by atoms with Crippen LogP contribution in [0.4, 0.5) is 5.69 Å². The van der Waals surface area contributed by atoms with Crippen LogP contribution in [0.15, 0.2) is 30.5 Å². The van der Waals surface area contributed by atoms with E-state index in [1.165, 1.54) is 5.69 Å². The standard InChI is InChI=1S/C15H23N3/c1-15(2,3)17-12-13-11-14(7-8-16-13)18-9-5-4-6-10-18/h4-5,7-8,11,17H,6,9-10,12H2,1-3H3. The normalized spacial score (nSPS) is 16.1. The van der Waals surface area contributed by atoms with Gasteiger partial charge < -0.3 is 10.2 Å². The Balaban J connectivity index is 2.03. The Morgan fingerprint density at radius 1 is 1.33 bits per heavy atom. The second kappa shape index (κ2) is 5.53. The van der Waals surface area contributed by atoms with Gasteiger partial charge in [0.2, 0.25) is 0 Å². The summed E-state index contributed by atoms with van der Waals surface area (Å²) in [6, 6.07) is 4.29. The van der Waals surface area contributed by atoms with Crippen molar-refractivity contribution in [3.05, 3.63) is 36.2 Å². The van der Waals surface area contributed by atoms with E-state index in [-0.39, 0.29) is 5.54 Å². The van der Waals surface area contributed by atoms with Gasteiger partial charge in [0.05, 0.1) is 5.69 Å². The van der Waals surface area contributed by atoms with Crippen molar-refractivity contribution in [3.8, 4) is 0 Å². The SMILES string of the molecule is CC(C)(C)NCc1cc(N2CC=CCC2)ccn1. The van der Waals surface area contributed by atoms with E-state index in [9.17, 15) is 0 Å². The predicted molar refractivity (Wildman–Crippen MR) is 76.8 cm³/mol. The minimum absolute atomic E-state index is 0.131. The summed E-state index contributed by atoms with van der Waals surface area (Å²) >= 11 is 0. The molecule has 3 nitrogen and oxygen atoms in total. The highest BCUT2D eigenvalue weighted by Crippen LogP contribution is 2.17. The zero-order chi connectivity index (χ0) is 13.0. The zero-order valence-corrected chi connectivity index (χ0v) is 11.6. The quantitative estimate of drug-likeness (QED) is 0.830. The smallest absolute Gasteiger partial charge is 0.0562 e. The Morgan fingerprint density at radius 2 is 2.17 bits per heavy atom. The minimum atomic E-state index is 0.131. The maximum absolute atomic E-state index is 4.43. The first-order valence-corrected chi connectivity index (χ1v) is 6.64. The van der Waals surface area contributed by atoms with Crippen LogP contribution in [-0.2, 0) is 6.54 Å². The van der Waals surface area contributed by atoms with E-state index < -0.39 is 0 Å². The number of rotatable bonds is 3. The van der Waals surface area contributed by atoms with E-state index in [0.29, 0.717) is 0 Å². The largest absolute Gasteiger partial charge is 0.367 e. The number of hydrogen-bond donors (Lipinski definition) is 1. The van der Waals surface area contributed by atoms with Crippen LogP contribution in [0.5, 0.6) is 0 Å². The van der Waals surface area contributed by atoms with Gasteiger partial charge in [-0.25, -0.2) is 0 Å². The molecule has 0 spiro atoms. The number of aromatic nitrogens is 1. The first-order valence-electron chi connectivity index (χ1n) is 6.64. The Morgan fingerprint density at radius 3 is 2.83 bits per heavy atom. The van der Waals surface area contributed by atoms with Crippen molar-refractivity contribution in [2.45, 2.75) is 39.3 Å². The molecule has 0 atom stereocenters. The highest BCUT2D eigenvalue weighted by Gasteiger charge is 2.11. The zero-order valence-electron chi connectivity index (χ0n) is 11.6. The fourth-order valence-corrected chi connectivity index (χ4v) is 1.99. The van der Waals surface area contributed by atoms with Crippen molar-refractivity contribution in [3.63, 3.8) is 0 Å². The molecule has 0 saturated carbocycles. The molecule has 0 amide bonds. The number of hydrogen-bond acceptors (Lipinski definition) is 3. The van der Waals surface area contributed by atoms with Gasteiger partial charge in [-0.1, -0.05) is 12.2 Å². The topological polar surface area (TPSA) is 28.2 Å². The molecule has 2 heterocycles. The van der Waals surface area contributed by atoms with E-state index in [1.807, 2.05) is 6.20 Å². The van der Waals surface area contributed by atoms with Gasteiger partial charge >= 0.3 is 0 Å². The molecule has 0 radical (unpaired) electrons. The van der Waals surface area contributed by atoms with Crippen molar-refractivity contribution in [2.75, 3.05) is 18.0 Å². The van der Waals surface area contributed by atoms with Gasteiger partial charge in [0.1, 0.15) is 0 Å². The molecule has 0 unspecified atom stereocenters.